The van der Waals surface area contributed by atoms with Crippen molar-refractivity contribution in [3.8, 4) is 56.4 Å². The maximum atomic E-state index is 6.41. The lowest BCUT2D eigenvalue weighted by molar-refractivity contribution is 0.669. The van der Waals surface area contributed by atoms with Gasteiger partial charge in [-0.05, 0) is 68.6 Å². The summed E-state index contributed by atoms with van der Waals surface area (Å²) in [4.78, 5) is 15.4. The minimum absolute atomic E-state index is 0.604. The Morgan fingerprint density at radius 2 is 0.882 bits per heavy atom. The van der Waals surface area contributed by atoms with E-state index in [1.165, 1.54) is 21.7 Å². The first-order valence-corrected chi connectivity index (χ1v) is 17.1. The summed E-state index contributed by atoms with van der Waals surface area (Å²) >= 11 is 0. The standard InChI is InChI=1S/C47H29N3O/c1-2-12-34(13-3-1)45-48-46(38-25-21-31-11-5-7-15-36(31)29-38)50-47(49-45)40-26-27-42-44(39-16-8-9-17-41(39)51-42)43(40)33-22-18-32(19-23-33)37-24-20-30-10-4-6-14-35(30)28-37/h1-29H. The molecule has 0 amide bonds. The number of para-hydroxylation sites is 1. The molecular weight excluding hydrogens is 623 g/mol. The number of benzene rings is 8. The highest BCUT2D eigenvalue weighted by molar-refractivity contribution is 6.15. The van der Waals surface area contributed by atoms with E-state index < -0.39 is 0 Å². The van der Waals surface area contributed by atoms with Crippen LogP contribution in [0.25, 0.3) is 99.9 Å². The molecule has 8 aromatic carbocycles. The van der Waals surface area contributed by atoms with Crippen molar-refractivity contribution >= 4 is 43.5 Å². The van der Waals surface area contributed by atoms with Gasteiger partial charge in [0.2, 0.25) is 0 Å². The molecule has 0 spiro atoms. The van der Waals surface area contributed by atoms with E-state index in [9.17, 15) is 0 Å². The predicted octanol–water partition coefficient (Wildman–Crippen LogP) is 12.4. The highest BCUT2D eigenvalue weighted by Crippen LogP contribution is 2.43. The Bertz CT molecular complexity index is 2910. The van der Waals surface area contributed by atoms with E-state index in [-0.39, 0.29) is 0 Å². The summed E-state index contributed by atoms with van der Waals surface area (Å²) in [5, 5.41) is 6.85. The molecule has 0 N–H and O–H groups in total. The summed E-state index contributed by atoms with van der Waals surface area (Å²) < 4.78 is 6.41. The van der Waals surface area contributed by atoms with Gasteiger partial charge in [0.05, 0.1) is 0 Å². The summed E-state index contributed by atoms with van der Waals surface area (Å²) in [6.07, 6.45) is 0. The fourth-order valence-electron chi connectivity index (χ4n) is 7.17. The zero-order valence-corrected chi connectivity index (χ0v) is 27.5. The molecule has 2 heterocycles. The molecule has 0 unspecified atom stereocenters. The number of rotatable bonds is 5. The topological polar surface area (TPSA) is 51.8 Å². The van der Waals surface area contributed by atoms with Gasteiger partial charge >= 0.3 is 0 Å². The molecule has 0 bridgehead atoms. The third-order valence-electron chi connectivity index (χ3n) is 9.72. The summed E-state index contributed by atoms with van der Waals surface area (Å²) in [6.45, 7) is 0. The van der Waals surface area contributed by atoms with Gasteiger partial charge in [-0.2, -0.15) is 0 Å². The van der Waals surface area contributed by atoms with Crippen molar-refractivity contribution in [3.63, 3.8) is 0 Å². The summed E-state index contributed by atoms with van der Waals surface area (Å²) in [5.41, 5.74) is 8.85. The van der Waals surface area contributed by atoms with E-state index >= 15 is 0 Å². The fourth-order valence-corrected chi connectivity index (χ4v) is 7.17. The molecule has 51 heavy (non-hydrogen) atoms. The van der Waals surface area contributed by atoms with Gasteiger partial charge in [0, 0.05) is 33.0 Å². The van der Waals surface area contributed by atoms with Crippen LogP contribution < -0.4 is 0 Å². The molecule has 4 nitrogen and oxygen atoms in total. The van der Waals surface area contributed by atoms with Gasteiger partial charge in [0.25, 0.3) is 0 Å². The quantitative estimate of drug-likeness (QED) is 0.186. The highest BCUT2D eigenvalue weighted by Gasteiger charge is 2.21. The maximum Gasteiger partial charge on any atom is 0.164 e. The van der Waals surface area contributed by atoms with Crippen LogP contribution in [0.5, 0.6) is 0 Å². The third-order valence-corrected chi connectivity index (χ3v) is 9.72. The normalized spacial score (nSPS) is 11.5. The smallest absolute Gasteiger partial charge is 0.164 e. The molecule has 0 fully saturated rings. The fraction of sp³-hybridized carbons (Fsp3) is 0. The van der Waals surface area contributed by atoms with Crippen molar-refractivity contribution < 1.29 is 4.42 Å². The maximum absolute atomic E-state index is 6.41. The monoisotopic (exact) mass is 651 g/mol. The molecule has 0 radical (unpaired) electrons. The van der Waals surface area contributed by atoms with Crippen LogP contribution in [0, 0.1) is 0 Å². The van der Waals surface area contributed by atoms with E-state index in [0.29, 0.717) is 17.5 Å². The largest absolute Gasteiger partial charge is 0.456 e. The molecule has 238 valence electrons. The zero-order chi connectivity index (χ0) is 33.7. The van der Waals surface area contributed by atoms with E-state index in [0.717, 1.165) is 60.7 Å². The predicted molar refractivity (Wildman–Crippen MR) is 209 cm³/mol. The van der Waals surface area contributed by atoms with Crippen molar-refractivity contribution in [1.29, 1.82) is 0 Å². The van der Waals surface area contributed by atoms with Crippen LogP contribution in [0.3, 0.4) is 0 Å². The zero-order valence-electron chi connectivity index (χ0n) is 27.5. The van der Waals surface area contributed by atoms with E-state index in [4.69, 9.17) is 19.4 Å². The molecule has 2 aromatic heterocycles. The second-order valence-corrected chi connectivity index (χ2v) is 12.8. The first-order valence-electron chi connectivity index (χ1n) is 17.1. The number of aromatic nitrogens is 3. The van der Waals surface area contributed by atoms with E-state index in [1.54, 1.807) is 0 Å². The Morgan fingerprint density at radius 3 is 1.63 bits per heavy atom. The lowest BCUT2D eigenvalue weighted by atomic mass is 9.92. The molecule has 0 aliphatic carbocycles. The van der Waals surface area contributed by atoms with Gasteiger partial charge in [-0.3, -0.25) is 0 Å². The minimum Gasteiger partial charge on any atom is -0.456 e. The number of furan rings is 1. The average molecular weight is 652 g/mol. The molecule has 0 saturated carbocycles. The third kappa shape index (κ3) is 5.13. The molecule has 10 rings (SSSR count). The summed E-state index contributed by atoms with van der Waals surface area (Å²) in [6, 6.07) is 61.1. The molecule has 0 aliphatic heterocycles. The number of hydrogen-bond donors (Lipinski definition) is 0. The SMILES string of the molecule is c1ccc(-c2nc(-c3ccc4ccccc4c3)nc(-c3ccc4oc5ccccc5c4c3-c3ccc(-c4ccc5ccccc5c4)cc3)n2)cc1. The second-order valence-electron chi connectivity index (χ2n) is 12.8. The van der Waals surface area contributed by atoms with E-state index in [2.05, 4.69) is 127 Å². The molecule has 0 saturated heterocycles. The Morgan fingerprint density at radius 1 is 0.333 bits per heavy atom. The number of hydrogen-bond acceptors (Lipinski definition) is 4. The molecular formula is C47H29N3O. The first kappa shape index (κ1) is 29.0. The summed E-state index contributed by atoms with van der Waals surface area (Å²) in [7, 11) is 0. The Labute approximate surface area is 294 Å². The van der Waals surface area contributed by atoms with Gasteiger partial charge in [-0.1, -0.05) is 146 Å². The van der Waals surface area contributed by atoms with Crippen LogP contribution >= 0.6 is 0 Å². The van der Waals surface area contributed by atoms with Crippen LogP contribution in [0.1, 0.15) is 0 Å². The molecule has 4 heteroatoms. The van der Waals surface area contributed by atoms with E-state index in [1.807, 2.05) is 48.5 Å². The molecule has 0 aliphatic rings. The molecule has 10 aromatic rings. The molecule has 0 atom stereocenters. The van der Waals surface area contributed by atoms with Gasteiger partial charge < -0.3 is 4.42 Å². The van der Waals surface area contributed by atoms with Crippen molar-refractivity contribution in [2.24, 2.45) is 0 Å². The average Bonchev–Trinajstić information content (AvgIpc) is 3.59. The number of fused-ring (bicyclic) bond motifs is 5. The Balaban J connectivity index is 1.20. The van der Waals surface area contributed by atoms with Crippen molar-refractivity contribution in [2.75, 3.05) is 0 Å². The van der Waals surface area contributed by atoms with Gasteiger partial charge in [-0.25, -0.2) is 15.0 Å². The highest BCUT2D eigenvalue weighted by atomic mass is 16.3. The van der Waals surface area contributed by atoms with Gasteiger partial charge in [0.15, 0.2) is 17.5 Å². The number of nitrogens with zero attached hydrogens (tertiary/aromatic N) is 3. The van der Waals surface area contributed by atoms with Crippen LogP contribution in [0.15, 0.2) is 180 Å². The lowest BCUT2D eigenvalue weighted by Gasteiger charge is -2.14. The Hall–Kier alpha value is -6.91. The van der Waals surface area contributed by atoms with Crippen molar-refractivity contribution in [2.45, 2.75) is 0 Å². The first-order chi connectivity index (χ1) is 25.2. The Kier molecular flexibility index (Phi) is 6.78. The second kappa shape index (κ2) is 11.9. The van der Waals surface area contributed by atoms with Crippen LogP contribution in [-0.2, 0) is 0 Å². The van der Waals surface area contributed by atoms with Crippen LogP contribution in [0.4, 0.5) is 0 Å². The van der Waals surface area contributed by atoms with Crippen molar-refractivity contribution in [3.05, 3.63) is 176 Å². The minimum atomic E-state index is 0.604. The lowest BCUT2D eigenvalue weighted by Crippen LogP contribution is -2.01. The van der Waals surface area contributed by atoms with Crippen LogP contribution in [-0.4, -0.2) is 15.0 Å². The summed E-state index contributed by atoms with van der Waals surface area (Å²) in [5.74, 6) is 1.85. The van der Waals surface area contributed by atoms with Gasteiger partial charge in [-0.15, -0.1) is 0 Å². The van der Waals surface area contributed by atoms with Crippen molar-refractivity contribution in [1.82, 2.24) is 15.0 Å². The van der Waals surface area contributed by atoms with Crippen LogP contribution in [0.2, 0.25) is 0 Å². The van der Waals surface area contributed by atoms with Gasteiger partial charge in [0.1, 0.15) is 11.2 Å².